The fourth-order valence-electron chi connectivity index (χ4n) is 2.46. The van der Waals surface area contributed by atoms with Crippen molar-refractivity contribution in [3.63, 3.8) is 0 Å². The van der Waals surface area contributed by atoms with Crippen molar-refractivity contribution in [3.05, 3.63) is 47.8 Å². The van der Waals surface area contributed by atoms with Crippen LogP contribution in [-0.2, 0) is 12.8 Å². The molecular weight excluding hydrogens is 224 g/mol. The Kier molecular flexibility index (Phi) is 2.84. The summed E-state index contributed by atoms with van der Waals surface area (Å²) in [5.74, 6) is 1.33. The third kappa shape index (κ3) is 2.01. The molecule has 0 amide bonds. The second kappa shape index (κ2) is 4.64. The fourth-order valence-corrected chi connectivity index (χ4v) is 2.46. The van der Waals surface area contributed by atoms with Crippen molar-refractivity contribution < 1.29 is 0 Å². The van der Waals surface area contributed by atoms with Gasteiger partial charge >= 0.3 is 0 Å². The number of nitrogen functional groups attached to an aromatic ring is 1. The predicted molar refractivity (Wildman–Crippen MR) is 72.5 cm³/mol. The van der Waals surface area contributed by atoms with Gasteiger partial charge in [-0.2, -0.15) is 0 Å². The van der Waals surface area contributed by atoms with Gasteiger partial charge in [-0.3, -0.25) is 0 Å². The number of rotatable bonds is 1. The predicted octanol–water partition coefficient (Wildman–Crippen LogP) is 1.66. The van der Waals surface area contributed by atoms with E-state index in [1.54, 1.807) is 12.4 Å². The molecule has 0 radical (unpaired) electrons. The average Bonchev–Trinajstić information content (AvgIpc) is 2.62. The molecule has 0 fully saturated rings. The van der Waals surface area contributed by atoms with Crippen molar-refractivity contribution in [1.29, 1.82) is 0 Å². The lowest BCUT2D eigenvalue weighted by Gasteiger charge is -2.21. The smallest absolute Gasteiger partial charge is 0.171 e. The summed E-state index contributed by atoms with van der Waals surface area (Å²) in [5.41, 5.74) is 8.76. The second-order valence-corrected chi connectivity index (χ2v) is 4.52. The van der Waals surface area contributed by atoms with E-state index in [1.165, 1.54) is 11.1 Å². The van der Waals surface area contributed by atoms with E-state index in [4.69, 9.17) is 5.73 Å². The van der Waals surface area contributed by atoms with Crippen LogP contribution in [0.2, 0.25) is 0 Å². The number of anilines is 2. The highest BCUT2D eigenvalue weighted by Gasteiger charge is 2.16. The number of hydrogen-bond acceptors (Lipinski definition) is 4. The highest BCUT2D eigenvalue weighted by atomic mass is 15.2. The minimum atomic E-state index is 0.517. The third-order valence-electron chi connectivity index (χ3n) is 3.43. The second-order valence-electron chi connectivity index (χ2n) is 4.52. The Morgan fingerprint density at radius 3 is 2.17 bits per heavy atom. The van der Waals surface area contributed by atoms with Crippen LogP contribution < -0.4 is 10.6 Å². The van der Waals surface area contributed by atoms with E-state index in [0.29, 0.717) is 5.82 Å². The molecule has 0 saturated heterocycles. The molecule has 3 rings (SSSR count). The Labute approximate surface area is 106 Å². The van der Waals surface area contributed by atoms with Gasteiger partial charge in [-0.05, 0) is 24.0 Å². The largest absolute Gasteiger partial charge is 0.381 e. The lowest BCUT2D eigenvalue weighted by molar-refractivity contribution is 0.789. The van der Waals surface area contributed by atoms with Crippen molar-refractivity contribution >= 4 is 11.6 Å². The molecule has 4 heteroatoms. The number of benzene rings is 1. The van der Waals surface area contributed by atoms with Crippen molar-refractivity contribution in [2.24, 2.45) is 0 Å². The lowest BCUT2D eigenvalue weighted by Crippen LogP contribution is -2.28. The molecule has 2 aromatic rings. The van der Waals surface area contributed by atoms with E-state index in [9.17, 15) is 0 Å². The van der Waals surface area contributed by atoms with Gasteiger partial charge in [0.2, 0.25) is 0 Å². The molecule has 1 aliphatic heterocycles. The molecule has 1 aromatic heterocycles. The summed E-state index contributed by atoms with van der Waals surface area (Å²) in [6.07, 6.45) is 5.40. The zero-order chi connectivity index (χ0) is 12.4. The Morgan fingerprint density at radius 1 is 0.944 bits per heavy atom. The van der Waals surface area contributed by atoms with E-state index in [2.05, 4.69) is 39.1 Å². The standard InChI is InChI=1S/C14H16N4/c15-13-14(17-8-7-16-13)18-9-5-11-3-1-2-4-12(11)6-10-18/h1-4,7-8H,5-6,9-10H2,(H2,15,16). The summed E-state index contributed by atoms with van der Waals surface area (Å²) < 4.78 is 0. The molecule has 0 unspecified atom stereocenters. The molecule has 0 spiro atoms. The van der Waals surface area contributed by atoms with Crippen LogP contribution in [0.25, 0.3) is 0 Å². The van der Waals surface area contributed by atoms with Gasteiger partial charge in [-0.25, -0.2) is 9.97 Å². The molecule has 4 nitrogen and oxygen atoms in total. The minimum absolute atomic E-state index is 0.517. The third-order valence-corrected chi connectivity index (χ3v) is 3.43. The summed E-state index contributed by atoms with van der Waals surface area (Å²) in [5, 5.41) is 0. The van der Waals surface area contributed by atoms with E-state index >= 15 is 0 Å². The highest BCUT2D eigenvalue weighted by Crippen LogP contribution is 2.22. The van der Waals surface area contributed by atoms with Crippen molar-refractivity contribution in [1.82, 2.24) is 9.97 Å². The molecule has 92 valence electrons. The monoisotopic (exact) mass is 240 g/mol. The van der Waals surface area contributed by atoms with Gasteiger partial charge < -0.3 is 10.6 Å². The highest BCUT2D eigenvalue weighted by molar-refractivity contribution is 5.57. The van der Waals surface area contributed by atoms with Crippen molar-refractivity contribution in [2.75, 3.05) is 23.7 Å². The molecule has 18 heavy (non-hydrogen) atoms. The van der Waals surface area contributed by atoms with Crippen LogP contribution in [0.15, 0.2) is 36.7 Å². The van der Waals surface area contributed by atoms with Crippen LogP contribution in [0.5, 0.6) is 0 Å². The average molecular weight is 240 g/mol. The van der Waals surface area contributed by atoms with Gasteiger partial charge in [0.1, 0.15) is 0 Å². The number of hydrogen-bond donors (Lipinski definition) is 1. The summed E-state index contributed by atoms with van der Waals surface area (Å²) in [6, 6.07) is 8.62. The van der Waals surface area contributed by atoms with Crippen LogP contribution in [0.4, 0.5) is 11.6 Å². The summed E-state index contributed by atoms with van der Waals surface area (Å²) in [7, 11) is 0. The van der Waals surface area contributed by atoms with Crippen LogP contribution in [0, 0.1) is 0 Å². The molecular formula is C14H16N4. The first-order chi connectivity index (χ1) is 8.84. The lowest BCUT2D eigenvalue weighted by atomic mass is 10.0. The molecule has 0 atom stereocenters. The molecule has 1 aromatic carbocycles. The van der Waals surface area contributed by atoms with Gasteiger partial charge in [-0.15, -0.1) is 0 Å². The van der Waals surface area contributed by atoms with E-state index in [1.807, 2.05) is 0 Å². The van der Waals surface area contributed by atoms with Gasteiger partial charge in [0.25, 0.3) is 0 Å². The molecule has 2 N–H and O–H groups in total. The van der Waals surface area contributed by atoms with Gasteiger partial charge in [0.05, 0.1) is 0 Å². The Morgan fingerprint density at radius 2 is 1.56 bits per heavy atom. The first kappa shape index (κ1) is 11.0. The molecule has 1 aliphatic rings. The number of fused-ring (bicyclic) bond motifs is 1. The quantitative estimate of drug-likeness (QED) is 0.823. The van der Waals surface area contributed by atoms with Gasteiger partial charge in [0, 0.05) is 25.5 Å². The maximum absolute atomic E-state index is 5.89. The zero-order valence-electron chi connectivity index (χ0n) is 10.2. The maximum atomic E-state index is 5.89. The van der Waals surface area contributed by atoms with Crippen LogP contribution in [-0.4, -0.2) is 23.1 Å². The topological polar surface area (TPSA) is 55.0 Å². The van der Waals surface area contributed by atoms with Gasteiger partial charge in [-0.1, -0.05) is 24.3 Å². The summed E-state index contributed by atoms with van der Waals surface area (Å²) in [4.78, 5) is 10.7. The van der Waals surface area contributed by atoms with E-state index in [0.717, 1.165) is 31.7 Å². The van der Waals surface area contributed by atoms with E-state index < -0.39 is 0 Å². The van der Waals surface area contributed by atoms with Crippen LogP contribution in [0.3, 0.4) is 0 Å². The normalized spacial score (nSPS) is 15.0. The van der Waals surface area contributed by atoms with Crippen LogP contribution in [0.1, 0.15) is 11.1 Å². The molecule has 2 heterocycles. The fraction of sp³-hybridized carbons (Fsp3) is 0.286. The Bertz CT molecular complexity index is 526. The summed E-state index contributed by atoms with van der Waals surface area (Å²) in [6.45, 7) is 1.89. The summed E-state index contributed by atoms with van der Waals surface area (Å²) >= 11 is 0. The first-order valence-electron chi connectivity index (χ1n) is 6.23. The molecule has 0 aliphatic carbocycles. The van der Waals surface area contributed by atoms with Crippen molar-refractivity contribution in [2.45, 2.75) is 12.8 Å². The Hall–Kier alpha value is -2.10. The van der Waals surface area contributed by atoms with Gasteiger partial charge in [0.15, 0.2) is 11.6 Å². The number of aromatic nitrogens is 2. The number of nitrogens with zero attached hydrogens (tertiary/aromatic N) is 3. The Balaban J connectivity index is 1.85. The molecule has 0 saturated carbocycles. The maximum Gasteiger partial charge on any atom is 0.171 e. The molecule has 0 bridgehead atoms. The first-order valence-corrected chi connectivity index (χ1v) is 6.23. The van der Waals surface area contributed by atoms with Crippen molar-refractivity contribution in [3.8, 4) is 0 Å². The number of nitrogens with two attached hydrogens (primary N) is 1. The minimum Gasteiger partial charge on any atom is -0.381 e. The zero-order valence-corrected chi connectivity index (χ0v) is 10.2. The van der Waals surface area contributed by atoms with Crippen LogP contribution >= 0.6 is 0 Å². The van der Waals surface area contributed by atoms with E-state index in [-0.39, 0.29) is 0 Å². The SMILES string of the molecule is Nc1nccnc1N1CCc2ccccc2CC1.